The van der Waals surface area contributed by atoms with E-state index in [1.807, 2.05) is 12.1 Å². The molecule has 1 atom stereocenters. The Bertz CT molecular complexity index is 474. The van der Waals surface area contributed by atoms with Crippen LogP contribution in [-0.4, -0.2) is 30.0 Å². The molecule has 1 fully saturated rings. The number of amides is 1. The van der Waals surface area contributed by atoms with Crippen LogP contribution in [0.1, 0.15) is 30.1 Å². The average Bonchev–Trinajstić information content (AvgIpc) is 2.92. The molecule has 0 spiro atoms. The van der Waals surface area contributed by atoms with E-state index in [2.05, 4.69) is 15.2 Å². The van der Waals surface area contributed by atoms with Crippen molar-refractivity contribution in [2.45, 2.75) is 25.8 Å². The third-order valence-corrected chi connectivity index (χ3v) is 3.00. The van der Waals surface area contributed by atoms with Gasteiger partial charge in [-0.3, -0.25) is 9.78 Å². The summed E-state index contributed by atoms with van der Waals surface area (Å²) in [5.74, 6) is -0.252. The lowest BCUT2D eigenvalue weighted by Crippen LogP contribution is -2.31. The van der Waals surface area contributed by atoms with Crippen LogP contribution in [0.15, 0.2) is 18.5 Å². The summed E-state index contributed by atoms with van der Waals surface area (Å²) in [6.07, 6.45) is 5.67. The van der Waals surface area contributed by atoms with E-state index < -0.39 is 6.04 Å². The van der Waals surface area contributed by atoms with Gasteiger partial charge in [-0.25, -0.2) is 0 Å². The van der Waals surface area contributed by atoms with Crippen LogP contribution in [0, 0.1) is 11.3 Å². The minimum Gasteiger partial charge on any atom is -0.370 e. The van der Waals surface area contributed by atoms with Crippen LogP contribution in [-0.2, 0) is 0 Å². The zero-order valence-electron chi connectivity index (χ0n) is 10.4. The van der Waals surface area contributed by atoms with Crippen LogP contribution < -0.4 is 10.2 Å². The number of carbonyl (C=O) groups is 1. The van der Waals surface area contributed by atoms with Crippen molar-refractivity contribution in [3.63, 3.8) is 0 Å². The quantitative estimate of drug-likeness (QED) is 0.870. The molecule has 1 aliphatic heterocycles. The third-order valence-electron chi connectivity index (χ3n) is 3.00. The minimum atomic E-state index is -0.493. The van der Waals surface area contributed by atoms with E-state index in [4.69, 9.17) is 5.26 Å². The van der Waals surface area contributed by atoms with Crippen LogP contribution in [0.5, 0.6) is 0 Å². The molecular formula is C13H16N4O. The largest absolute Gasteiger partial charge is 0.370 e. The standard InChI is InChI=1S/C13H16N4O/c1-10(7-14)16-13(18)11-6-12(9-15-8-11)17-4-2-3-5-17/h6,8-10H,2-5H2,1H3,(H,16,18). The second kappa shape index (κ2) is 5.50. The van der Waals surface area contributed by atoms with Crippen molar-refractivity contribution in [3.05, 3.63) is 24.0 Å². The fourth-order valence-electron chi connectivity index (χ4n) is 2.01. The summed E-state index contributed by atoms with van der Waals surface area (Å²) in [5, 5.41) is 11.3. The molecule has 1 aromatic heterocycles. The van der Waals surface area contributed by atoms with Crippen LogP contribution in [0.3, 0.4) is 0 Å². The molecule has 1 saturated heterocycles. The molecule has 0 bridgehead atoms. The first-order valence-electron chi connectivity index (χ1n) is 6.11. The van der Waals surface area contributed by atoms with Crippen molar-refractivity contribution < 1.29 is 4.79 Å². The van der Waals surface area contributed by atoms with Gasteiger partial charge in [0.05, 0.1) is 23.5 Å². The van der Waals surface area contributed by atoms with Crippen LogP contribution in [0.4, 0.5) is 5.69 Å². The highest BCUT2D eigenvalue weighted by Gasteiger charge is 2.15. The average molecular weight is 244 g/mol. The Balaban J connectivity index is 2.11. The molecule has 1 N–H and O–H groups in total. The maximum absolute atomic E-state index is 11.9. The van der Waals surface area contributed by atoms with Crippen LogP contribution >= 0.6 is 0 Å². The maximum Gasteiger partial charge on any atom is 0.253 e. The normalized spacial score (nSPS) is 16.1. The van der Waals surface area contributed by atoms with Gasteiger partial charge in [0.1, 0.15) is 6.04 Å². The van der Waals surface area contributed by atoms with Gasteiger partial charge in [0.2, 0.25) is 0 Å². The molecule has 0 saturated carbocycles. The molecular weight excluding hydrogens is 228 g/mol. The number of nitrogens with zero attached hydrogens (tertiary/aromatic N) is 3. The summed E-state index contributed by atoms with van der Waals surface area (Å²) in [4.78, 5) is 18.2. The number of hydrogen-bond donors (Lipinski definition) is 1. The lowest BCUT2D eigenvalue weighted by atomic mass is 10.2. The Hall–Kier alpha value is -2.09. The zero-order valence-corrected chi connectivity index (χ0v) is 10.4. The van der Waals surface area contributed by atoms with Gasteiger partial charge in [-0.1, -0.05) is 0 Å². The first kappa shape index (κ1) is 12.4. The number of rotatable bonds is 3. The van der Waals surface area contributed by atoms with E-state index in [1.165, 1.54) is 19.0 Å². The van der Waals surface area contributed by atoms with Crippen LogP contribution in [0.25, 0.3) is 0 Å². The Labute approximate surface area is 106 Å². The van der Waals surface area contributed by atoms with Gasteiger partial charge in [0.25, 0.3) is 5.91 Å². The number of aromatic nitrogens is 1. The SMILES string of the molecule is CC(C#N)NC(=O)c1cncc(N2CCCC2)c1. The number of carbonyl (C=O) groups excluding carboxylic acids is 1. The summed E-state index contributed by atoms with van der Waals surface area (Å²) in [7, 11) is 0. The monoisotopic (exact) mass is 244 g/mol. The molecule has 2 heterocycles. The fraction of sp³-hybridized carbons (Fsp3) is 0.462. The molecule has 94 valence electrons. The lowest BCUT2D eigenvalue weighted by Gasteiger charge is -2.17. The molecule has 1 unspecified atom stereocenters. The molecule has 5 heteroatoms. The minimum absolute atomic E-state index is 0.252. The van der Waals surface area contributed by atoms with Crippen molar-refractivity contribution in [1.29, 1.82) is 5.26 Å². The first-order valence-corrected chi connectivity index (χ1v) is 6.11. The van der Waals surface area contributed by atoms with Gasteiger partial charge >= 0.3 is 0 Å². The molecule has 0 aromatic carbocycles. The summed E-state index contributed by atoms with van der Waals surface area (Å²) < 4.78 is 0. The Morgan fingerprint density at radius 2 is 2.22 bits per heavy atom. The molecule has 0 aliphatic carbocycles. The first-order chi connectivity index (χ1) is 8.70. The van der Waals surface area contributed by atoms with Gasteiger partial charge < -0.3 is 10.2 Å². The summed E-state index contributed by atoms with van der Waals surface area (Å²) >= 11 is 0. The van der Waals surface area contributed by atoms with Crippen LogP contribution in [0.2, 0.25) is 0 Å². The highest BCUT2D eigenvalue weighted by molar-refractivity contribution is 5.95. The molecule has 2 rings (SSSR count). The second-order valence-electron chi connectivity index (χ2n) is 4.45. The van der Waals surface area contributed by atoms with Crippen molar-refractivity contribution in [2.24, 2.45) is 0 Å². The third kappa shape index (κ3) is 2.77. The van der Waals surface area contributed by atoms with E-state index in [0.717, 1.165) is 18.8 Å². The Kier molecular flexibility index (Phi) is 3.78. The number of anilines is 1. The molecule has 1 aromatic rings. The fourth-order valence-corrected chi connectivity index (χ4v) is 2.01. The predicted molar refractivity (Wildman–Crippen MR) is 68.2 cm³/mol. The van der Waals surface area contributed by atoms with E-state index in [-0.39, 0.29) is 5.91 Å². The molecule has 0 radical (unpaired) electrons. The van der Waals surface area contributed by atoms with Crippen molar-refractivity contribution in [2.75, 3.05) is 18.0 Å². The maximum atomic E-state index is 11.9. The molecule has 5 nitrogen and oxygen atoms in total. The highest BCUT2D eigenvalue weighted by Crippen LogP contribution is 2.19. The number of hydrogen-bond acceptors (Lipinski definition) is 4. The number of pyridine rings is 1. The molecule has 1 amide bonds. The Morgan fingerprint density at radius 1 is 1.50 bits per heavy atom. The van der Waals surface area contributed by atoms with Gasteiger partial charge in [0, 0.05) is 19.3 Å². The predicted octanol–water partition coefficient (Wildman–Crippen LogP) is 1.32. The van der Waals surface area contributed by atoms with Gasteiger partial charge in [-0.2, -0.15) is 5.26 Å². The second-order valence-corrected chi connectivity index (χ2v) is 4.45. The number of nitrogens with one attached hydrogen (secondary N) is 1. The van der Waals surface area contributed by atoms with E-state index in [9.17, 15) is 4.79 Å². The molecule has 18 heavy (non-hydrogen) atoms. The highest BCUT2D eigenvalue weighted by atomic mass is 16.1. The van der Waals surface area contributed by atoms with E-state index in [1.54, 1.807) is 13.1 Å². The summed E-state index contributed by atoms with van der Waals surface area (Å²) in [6.45, 7) is 3.68. The Morgan fingerprint density at radius 3 is 2.89 bits per heavy atom. The number of nitriles is 1. The van der Waals surface area contributed by atoms with Crippen molar-refractivity contribution in [1.82, 2.24) is 10.3 Å². The summed E-state index contributed by atoms with van der Waals surface area (Å²) in [6, 6.07) is 3.31. The summed E-state index contributed by atoms with van der Waals surface area (Å²) in [5.41, 5.74) is 1.48. The van der Waals surface area contributed by atoms with E-state index >= 15 is 0 Å². The topological polar surface area (TPSA) is 69.0 Å². The zero-order chi connectivity index (χ0) is 13.0. The smallest absolute Gasteiger partial charge is 0.253 e. The van der Waals surface area contributed by atoms with E-state index in [0.29, 0.717) is 5.56 Å². The van der Waals surface area contributed by atoms with Gasteiger partial charge in [-0.15, -0.1) is 0 Å². The van der Waals surface area contributed by atoms with Crippen molar-refractivity contribution >= 4 is 11.6 Å². The van der Waals surface area contributed by atoms with Crippen molar-refractivity contribution in [3.8, 4) is 6.07 Å². The van der Waals surface area contributed by atoms with Gasteiger partial charge in [0.15, 0.2) is 0 Å². The van der Waals surface area contributed by atoms with Gasteiger partial charge in [-0.05, 0) is 25.8 Å². The lowest BCUT2D eigenvalue weighted by molar-refractivity contribution is 0.0947. The molecule has 1 aliphatic rings.